The van der Waals surface area contributed by atoms with E-state index in [-0.39, 0.29) is 0 Å². The molecule has 12 heavy (non-hydrogen) atoms. The molecule has 0 aliphatic rings. The first-order chi connectivity index (χ1) is 5.69. The van der Waals surface area contributed by atoms with Gasteiger partial charge in [0.2, 0.25) is 0 Å². The molecule has 2 N–H and O–H groups in total. The molecule has 0 unspecified atom stereocenters. The first-order valence-electron chi connectivity index (χ1n) is 3.41. The maximum absolute atomic E-state index is 5.52. The van der Waals surface area contributed by atoms with Gasteiger partial charge in [-0.2, -0.15) is 0 Å². The van der Waals surface area contributed by atoms with Crippen LogP contribution >= 0.6 is 31.9 Å². The quantitative estimate of drug-likeness (QED) is 0.910. The Labute approximate surface area is 88.3 Å². The molecule has 0 aliphatic carbocycles. The van der Waals surface area contributed by atoms with Gasteiger partial charge in [0.25, 0.3) is 0 Å². The molecule has 0 fully saturated rings. The molecule has 0 saturated carbocycles. The molecule has 0 aliphatic heterocycles. The van der Waals surface area contributed by atoms with Crippen molar-refractivity contribution < 1.29 is 4.74 Å². The van der Waals surface area contributed by atoms with Gasteiger partial charge in [0.15, 0.2) is 0 Å². The number of methoxy groups -OCH3 is 1. The minimum absolute atomic E-state index is 0.517. The van der Waals surface area contributed by atoms with E-state index in [0.717, 1.165) is 20.3 Å². The van der Waals surface area contributed by atoms with Gasteiger partial charge in [0.05, 0.1) is 11.6 Å². The van der Waals surface area contributed by atoms with Crippen molar-refractivity contribution in [3.63, 3.8) is 0 Å². The highest BCUT2D eigenvalue weighted by atomic mass is 79.9. The van der Waals surface area contributed by atoms with Gasteiger partial charge in [-0.1, -0.05) is 15.9 Å². The molecule has 1 rings (SSSR count). The van der Waals surface area contributed by atoms with Crippen LogP contribution in [0.1, 0.15) is 5.56 Å². The normalized spacial score (nSPS) is 10.0. The van der Waals surface area contributed by atoms with Crippen LogP contribution in [0.25, 0.3) is 0 Å². The van der Waals surface area contributed by atoms with E-state index in [1.165, 1.54) is 0 Å². The molecule has 4 heteroatoms. The van der Waals surface area contributed by atoms with Gasteiger partial charge < -0.3 is 10.5 Å². The van der Waals surface area contributed by atoms with E-state index < -0.39 is 0 Å². The summed E-state index contributed by atoms with van der Waals surface area (Å²) in [5, 5.41) is 0. The molecule has 0 atom stereocenters. The van der Waals surface area contributed by atoms with Crippen LogP contribution in [-0.2, 0) is 6.54 Å². The summed E-state index contributed by atoms with van der Waals surface area (Å²) in [6.45, 7) is 0.517. The Morgan fingerprint density at radius 3 is 2.50 bits per heavy atom. The Kier molecular flexibility index (Phi) is 3.55. The van der Waals surface area contributed by atoms with E-state index in [1.54, 1.807) is 7.11 Å². The highest BCUT2D eigenvalue weighted by molar-refractivity contribution is 9.11. The summed E-state index contributed by atoms with van der Waals surface area (Å²) in [6, 6.07) is 3.84. The summed E-state index contributed by atoms with van der Waals surface area (Å²) >= 11 is 6.78. The first-order valence-corrected chi connectivity index (χ1v) is 4.99. The largest absolute Gasteiger partial charge is 0.496 e. The van der Waals surface area contributed by atoms with Crippen molar-refractivity contribution in [1.29, 1.82) is 0 Å². The van der Waals surface area contributed by atoms with Crippen LogP contribution in [0, 0.1) is 0 Å². The molecule has 2 nitrogen and oxygen atoms in total. The SMILES string of the molecule is COc1cc(Br)c(CN)cc1Br. The van der Waals surface area contributed by atoms with Gasteiger partial charge in [-0.25, -0.2) is 0 Å². The summed E-state index contributed by atoms with van der Waals surface area (Å²) in [4.78, 5) is 0. The van der Waals surface area contributed by atoms with E-state index in [4.69, 9.17) is 10.5 Å². The van der Waals surface area contributed by atoms with Crippen molar-refractivity contribution in [1.82, 2.24) is 0 Å². The third-order valence-electron chi connectivity index (χ3n) is 1.54. The average Bonchev–Trinajstić information content (AvgIpc) is 2.08. The van der Waals surface area contributed by atoms with Crippen LogP contribution < -0.4 is 10.5 Å². The molecule has 0 heterocycles. The Morgan fingerprint density at radius 1 is 1.33 bits per heavy atom. The first kappa shape index (κ1) is 10.0. The molecule has 0 aromatic heterocycles. The molecule has 0 amide bonds. The van der Waals surface area contributed by atoms with Crippen molar-refractivity contribution in [3.8, 4) is 5.75 Å². The second kappa shape index (κ2) is 4.25. The number of halogens is 2. The fourth-order valence-corrected chi connectivity index (χ4v) is 1.92. The monoisotopic (exact) mass is 293 g/mol. The Morgan fingerprint density at radius 2 is 2.00 bits per heavy atom. The zero-order chi connectivity index (χ0) is 9.14. The number of ether oxygens (including phenoxy) is 1. The molecule has 0 radical (unpaired) electrons. The summed E-state index contributed by atoms with van der Waals surface area (Å²) < 4.78 is 7.01. The summed E-state index contributed by atoms with van der Waals surface area (Å²) in [5.74, 6) is 0.805. The van der Waals surface area contributed by atoms with Crippen LogP contribution in [-0.4, -0.2) is 7.11 Å². The molecule has 0 bridgehead atoms. The maximum Gasteiger partial charge on any atom is 0.134 e. The van der Waals surface area contributed by atoms with E-state index in [1.807, 2.05) is 12.1 Å². The van der Waals surface area contributed by atoms with E-state index in [9.17, 15) is 0 Å². The second-order valence-corrected chi connectivity index (χ2v) is 3.99. The highest BCUT2D eigenvalue weighted by Crippen LogP contribution is 2.31. The molecule has 66 valence electrons. The number of hydrogen-bond donors (Lipinski definition) is 1. The number of rotatable bonds is 2. The molecule has 0 saturated heterocycles. The Balaban J connectivity index is 3.16. The minimum atomic E-state index is 0.517. The van der Waals surface area contributed by atoms with Crippen LogP contribution in [0.5, 0.6) is 5.75 Å². The Hall–Kier alpha value is -0.0600. The lowest BCUT2D eigenvalue weighted by atomic mass is 10.2. The predicted molar refractivity (Wildman–Crippen MR) is 56.3 cm³/mol. The molecule has 0 spiro atoms. The lowest BCUT2D eigenvalue weighted by molar-refractivity contribution is 0.411. The molecule has 1 aromatic rings. The van der Waals surface area contributed by atoms with E-state index in [0.29, 0.717) is 6.54 Å². The third kappa shape index (κ3) is 2.00. The third-order valence-corrected chi connectivity index (χ3v) is 2.90. The van der Waals surface area contributed by atoms with Gasteiger partial charge >= 0.3 is 0 Å². The number of nitrogens with two attached hydrogens (primary N) is 1. The van der Waals surface area contributed by atoms with Crippen molar-refractivity contribution in [2.75, 3.05) is 7.11 Å². The van der Waals surface area contributed by atoms with Gasteiger partial charge in [-0.05, 0) is 33.6 Å². The lowest BCUT2D eigenvalue weighted by Gasteiger charge is -2.07. The summed E-state index contributed by atoms with van der Waals surface area (Å²) in [5.41, 5.74) is 6.58. The average molecular weight is 295 g/mol. The standard InChI is InChI=1S/C8H9Br2NO/c1-12-8-3-6(9)5(4-11)2-7(8)10/h2-3H,4,11H2,1H3. The van der Waals surface area contributed by atoms with Crippen LogP contribution in [0.2, 0.25) is 0 Å². The topological polar surface area (TPSA) is 35.2 Å². The van der Waals surface area contributed by atoms with Crippen LogP contribution in [0.4, 0.5) is 0 Å². The Bertz CT molecular complexity index is 259. The van der Waals surface area contributed by atoms with E-state index >= 15 is 0 Å². The van der Waals surface area contributed by atoms with Crippen molar-refractivity contribution in [3.05, 3.63) is 26.6 Å². The van der Waals surface area contributed by atoms with Crippen molar-refractivity contribution in [2.45, 2.75) is 6.54 Å². The minimum Gasteiger partial charge on any atom is -0.496 e. The highest BCUT2D eigenvalue weighted by Gasteiger charge is 2.04. The maximum atomic E-state index is 5.52. The second-order valence-electron chi connectivity index (χ2n) is 2.28. The lowest BCUT2D eigenvalue weighted by Crippen LogP contribution is -1.98. The van der Waals surface area contributed by atoms with Gasteiger partial charge in [0, 0.05) is 11.0 Å². The fourth-order valence-electron chi connectivity index (χ4n) is 0.883. The summed E-state index contributed by atoms with van der Waals surface area (Å²) in [6.07, 6.45) is 0. The van der Waals surface area contributed by atoms with Crippen molar-refractivity contribution >= 4 is 31.9 Å². The van der Waals surface area contributed by atoms with Gasteiger partial charge in [-0.3, -0.25) is 0 Å². The fraction of sp³-hybridized carbons (Fsp3) is 0.250. The smallest absolute Gasteiger partial charge is 0.134 e. The number of benzene rings is 1. The predicted octanol–water partition coefficient (Wildman–Crippen LogP) is 2.68. The molecular weight excluding hydrogens is 286 g/mol. The zero-order valence-electron chi connectivity index (χ0n) is 6.60. The van der Waals surface area contributed by atoms with E-state index in [2.05, 4.69) is 31.9 Å². The van der Waals surface area contributed by atoms with Crippen molar-refractivity contribution in [2.24, 2.45) is 5.73 Å². The molecule has 1 aromatic carbocycles. The zero-order valence-corrected chi connectivity index (χ0v) is 9.78. The van der Waals surface area contributed by atoms with Gasteiger partial charge in [-0.15, -0.1) is 0 Å². The molecular formula is C8H9Br2NO. The van der Waals surface area contributed by atoms with Crippen LogP contribution in [0.3, 0.4) is 0 Å². The number of hydrogen-bond acceptors (Lipinski definition) is 2. The van der Waals surface area contributed by atoms with Crippen LogP contribution in [0.15, 0.2) is 21.1 Å². The van der Waals surface area contributed by atoms with Gasteiger partial charge in [0.1, 0.15) is 5.75 Å². The summed E-state index contributed by atoms with van der Waals surface area (Å²) in [7, 11) is 1.63.